The van der Waals surface area contributed by atoms with Crippen LogP contribution in [0.3, 0.4) is 0 Å². The summed E-state index contributed by atoms with van der Waals surface area (Å²) in [4.78, 5) is 3.76. The van der Waals surface area contributed by atoms with E-state index in [9.17, 15) is 21.6 Å². The first kappa shape index (κ1) is 19.2. The van der Waals surface area contributed by atoms with E-state index >= 15 is 0 Å². The molecule has 1 aliphatic rings. The average molecular weight is 424 g/mol. The quantitative estimate of drug-likeness (QED) is 0.622. The Kier molecular flexibility index (Phi) is 4.69. The van der Waals surface area contributed by atoms with Gasteiger partial charge >= 0.3 is 6.36 Å². The summed E-state index contributed by atoms with van der Waals surface area (Å²) in [5.41, 5.74) is 0.532. The van der Waals surface area contributed by atoms with Gasteiger partial charge in [-0.25, -0.2) is 13.4 Å². The molecule has 29 heavy (non-hydrogen) atoms. The van der Waals surface area contributed by atoms with Gasteiger partial charge in [-0.15, -0.1) is 13.2 Å². The highest BCUT2D eigenvalue weighted by molar-refractivity contribution is 7.92. The van der Waals surface area contributed by atoms with E-state index in [0.717, 1.165) is 30.8 Å². The molecule has 11 heteroatoms. The van der Waals surface area contributed by atoms with Gasteiger partial charge in [0.15, 0.2) is 5.82 Å². The molecule has 1 heterocycles. The van der Waals surface area contributed by atoms with E-state index < -0.39 is 27.0 Å². The maximum atomic E-state index is 12.8. The number of benzene rings is 2. The van der Waals surface area contributed by atoms with Crippen LogP contribution < -0.4 is 9.46 Å². The van der Waals surface area contributed by atoms with Crippen molar-refractivity contribution in [1.29, 1.82) is 0 Å². The predicted molar refractivity (Wildman–Crippen MR) is 97.7 cm³/mol. The Hall–Kier alpha value is -3.08. The smallest absolute Gasteiger partial charge is 0.404 e. The van der Waals surface area contributed by atoms with Gasteiger partial charge in [-0.1, -0.05) is 24.3 Å². The molecule has 0 aliphatic heterocycles. The number of sulfonamides is 1. The molecule has 0 atom stereocenters. The lowest BCUT2D eigenvalue weighted by atomic mass is 10.2. The molecule has 1 saturated carbocycles. The molecule has 0 radical (unpaired) electrons. The van der Waals surface area contributed by atoms with E-state index in [4.69, 9.17) is 0 Å². The number of hydrogen-bond acceptors (Lipinski definition) is 5. The number of nitrogens with one attached hydrogen (secondary N) is 2. The molecule has 0 saturated heterocycles. The first-order chi connectivity index (χ1) is 13.7. The Bertz CT molecular complexity index is 1140. The monoisotopic (exact) mass is 424 g/mol. The van der Waals surface area contributed by atoms with Crippen molar-refractivity contribution in [2.75, 3.05) is 4.72 Å². The molecule has 0 spiro atoms. The van der Waals surface area contributed by atoms with E-state index in [1.165, 1.54) is 18.2 Å². The lowest BCUT2D eigenvalue weighted by molar-refractivity contribution is -0.275. The number of hydrogen-bond donors (Lipinski definition) is 2. The molecule has 0 unspecified atom stereocenters. The summed E-state index contributed by atoms with van der Waals surface area (Å²) < 4.78 is 69.7. The SMILES string of the molecule is O=S(=O)(Nc1ccccc1-c1n[nH]c(C2CC2)n1)c1ccccc1OC(F)(F)F. The summed E-state index contributed by atoms with van der Waals surface area (Å²) in [6.45, 7) is 0. The molecule has 152 valence electrons. The van der Waals surface area contributed by atoms with Crippen LogP contribution in [0.2, 0.25) is 0 Å². The van der Waals surface area contributed by atoms with Gasteiger partial charge in [0.2, 0.25) is 0 Å². The number of ether oxygens (including phenoxy) is 1. The maximum Gasteiger partial charge on any atom is 0.573 e. The number of rotatable bonds is 6. The first-order valence-electron chi connectivity index (χ1n) is 8.62. The van der Waals surface area contributed by atoms with Crippen LogP contribution in [0, 0.1) is 0 Å². The van der Waals surface area contributed by atoms with Crippen LogP contribution in [0.25, 0.3) is 11.4 Å². The van der Waals surface area contributed by atoms with Crippen molar-refractivity contribution in [3.8, 4) is 17.1 Å². The minimum absolute atomic E-state index is 0.135. The normalized spacial score (nSPS) is 14.6. The molecular formula is C18H15F3N4O3S. The highest BCUT2D eigenvalue weighted by Gasteiger charge is 2.34. The number of aromatic amines is 1. The Morgan fingerprint density at radius 2 is 1.76 bits per heavy atom. The molecule has 1 fully saturated rings. The fourth-order valence-corrected chi connectivity index (χ4v) is 3.99. The van der Waals surface area contributed by atoms with Crippen molar-refractivity contribution >= 4 is 15.7 Å². The second-order valence-corrected chi connectivity index (χ2v) is 8.11. The molecule has 1 aliphatic carbocycles. The topological polar surface area (TPSA) is 97.0 Å². The van der Waals surface area contributed by atoms with E-state index in [1.807, 2.05) is 0 Å². The van der Waals surface area contributed by atoms with Crippen LogP contribution in [0.1, 0.15) is 24.6 Å². The number of nitrogens with zero attached hydrogens (tertiary/aromatic N) is 2. The Labute approximate surface area is 164 Å². The van der Waals surface area contributed by atoms with E-state index in [0.29, 0.717) is 17.3 Å². The Morgan fingerprint density at radius 3 is 2.48 bits per heavy atom. The van der Waals surface area contributed by atoms with E-state index in [-0.39, 0.29) is 5.69 Å². The summed E-state index contributed by atoms with van der Waals surface area (Å²) in [5.74, 6) is 0.525. The van der Waals surface area contributed by atoms with Crippen molar-refractivity contribution in [2.24, 2.45) is 0 Å². The average Bonchev–Trinajstić information content (AvgIpc) is 3.38. The summed E-state index contributed by atoms with van der Waals surface area (Å²) in [7, 11) is -4.38. The minimum Gasteiger partial charge on any atom is -0.404 e. The number of H-pyrrole nitrogens is 1. The van der Waals surface area contributed by atoms with Gasteiger partial charge in [0.1, 0.15) is 16.5 Å². The first-order valence-corrected chi connectivity index (χ1v) is 10.1. The summed E-state index contributed by atoms with van der Waals surface area (Å²) in [6.07, 6.45) is -3.00. The standard InChI is InChI=1S/C18H15F3N4O3S/c19-18(20,21)28-14-7-3-4-8-15(14)29(26,27)25-13-6-2-1-5-12(13)17-22-16(23-24-17)11-9-10-11/h1-8,11,25H,9-10H2,(H,22,23,24). The molecule has 2 aromatic carbocycles. The molecule has 3 aromatic rings. The van der Waals surface area contributed by atoms with Crippen LogP contribution in [0.15, 0.2) is 53.4 Å². The maximum absolute atomic E-state index is 12.8. The van der Waals surface area contributed by atoms with Crippen molar-refractivity contribution in [2.45, 2.75) is 30.0 Å². The van der Waals surface area contributed by atoms with Crippen molar-refractivity contribution in [1.82, 2.24) is 15.2 Å². The largest absolute Gasteiger partial charge is 0.573 e. The third kappa shape index (κ3) is 4.34. The molecular weight excluding hydrogens is 409 g/mol. The lowest BCUT2D eigenvalue weighted by Crippen LogP contribution is -2.21. The molecule has 7 nitrogen and oxygen atoms in total. The molecule has 0 bridgehead atoms. The van der Waals surface area contributed by atoms with Crippen molar-refractivity contribution in [3.05, 3.63) is 54.4 Å². The second kappa shape index (κ2) is 7.07. The summed E-state index contributed by atoms with van der Waals surface area (Å²) in [5, 5.41) is 6.97. The van der Waals surface area contributed by atoms with Crippen LogP contribution in [0.4, 0.5) is 18.9 Å². The van der Waals surface area contributed by atoms with Gasteiger partial charge in [-0.3, -0.25) is 9.82 Å². The minimum atomic E-state index is -5.03. The van der Waals surface area contributed by atoms with Gasteiger partial charge in [-0.05, 0) is 37.1 Å². The predicted octanol–water partition coefficient (Wildman–Crippen LogP) is 4.05. The van der Waals surface area contributed by atoms with Crippen LogP contribution in [-0.2, 0) is 10.0 Å². The molecule has 0 amide bonds. The fourth-order valence-electron chi connectivity index (χ4n) is 2.78. The Balaban J connectivity index is 1.68. The zero-order valence-electron chi connectivity index (χ0n) is 14.8. The molecule has 2 N–H and O–H groups in total. The Morgan fingerprint density at radius 1 is 1.07 bits per heavy atom. The lowest BCUT2D eigenvalue weighted by Gasteiger charge is -2.15. The van der Waals surface area contributed by atoms with Crippen LogP contribution in [0.5, 0.6) is 5.75 Å². The molecule has 1 aromatic heterocycles. The van der Waals surface area contributed by atoms with Gasteiger partial charge < -0.3 is 4.74 Å². The van der Waals surface area contributed by atoms with Gasteiger partial charge in [0.25, 0.3) is 10.0 Å². The van der Waals surface area contributed by atoms with Crippen LogP contribution in [-0.4, -0.2) is 30.0 Å². The van der Waals surface area contributed by atoms with Gasteiger partial charge in [-0.2, -0.15) is 5.10 Å². The van der Waals surface area contributed by atoms with Gasteiger partial charge in [0, 0.05) is 11.5 Å². The number of para-hydroxylation sites is 2. The number of halogens is 3. The highest BCUT2D eigenvalue weighted by Crippen LogP contribution is 2.39. The number of alkyl halides is 3. The third-order valence-corrected chi connectivity index (χ3v) is 5.65. The summed E-state index contributed by atoms with van der Waals surface area (Å²) >= 11 is 0. The number of anilines is 1. The second-order valence-electron chi connectivity index (χ2n) is 6.46. The fraction of sp³-hybridized carbons (Fsp3) is 0.222. The van der Waals surface area contributed by atoms with Crippen molar-refractivity contribution in [3.63, 3.8) is 0 Å². The van der Waals surface area contributed by atoms with Gasteiger partial charge in [0.05, 0.1) is 5.69 Å². The van der Waals surface area contributed by atoms with Crippen molar-refractivity contribution < 1.29 is 26.3 Å². The zero-order chi connectivity index (χ0) is 20.6. The summed E-state index contributed by atoms with van der Waals surface area (Å²) in [6, 6.07) is 10.9. The molecule has 4 rings (SSSR count). The van der Waals surface area contributed by atoms with E-state index in [1.54, 1.807) is 18.2 Å². The van der Waals surface area contributed by atoms with Crippen LogP contribution >= 0.6 is 0 Å². The highest BCUT2D eigenvalue weighted by atomic mass is 32.2. The number of aromatic nitrogens is 3. The third-order valence-electron chi connectivity index (χ3n) is 4.24. The van der Waals surface area contributed by atoms with E-state index in [2.05, 4.69) is 24.6 Å². The zero-order valence-corrected chi connectivity index (χ0v) is 15.6.